The Bertz CT molecular complexity index is 281. The van der Waals surface area contributed by atoms with Gasteiger partial charge in [0.25, 0.3) is 0 Å². The molecule has 2 amide bonds. The van der Waals surface area contributed by atoms with Crippen LogP contribution in [0.3, 0.4) is 0 Å². The van der Waals surface area contributed by atoms with Crippen LogP contribution in [0, 0.1) is 5.92 Å². The number of nitrogens with one attached hydrogen (secondary N) is 2. The second-order valence-electron chi connectivity index (χ2n) is 5.70. The van der Waals surface area contributed by atoms with Crippen molar-refractivity contribution in [3.63, 3.8) is 0 Å². The van der Waals surface area contributed by atoms with Crippen LogP contribution < -0.4 is 10.6 Å². The van der Waals surface area contributed by atoms with Crippen molar-refractivity contribution in [1.82, 2.24) is 10.6 Å². The molecule has 0 aliphatic heterocycles. The van der Waals surface area contributed by atoms with Crippen LogP contribution in [-0.4, -0.2) is 38.1 Å². The fourth-order valence-corrected chi connectivity index (χ4v) is 1.65. The number of hydrogen-bond donors (Lipinski definition) is 2. The van der Waals surface area contributed by atoms with Crippen LogP contribution in [-0.2, 0) is 14.3 Å². The Hall–Kier alpha value is -1.10. The van der Waals surface area contributed by atoms with E-state index in [9.17, 15) is 9.59 Å². The molecule has 0 aliphatic carbocycles. The van der Waals surface area contributed by atoms with E-state index in [-0.39, 0.29) is 24.7 Å². The Morgan fingerprint density at radius 1 is 0.952 bits per heavy atom. The molecule has 0 saturated carbocycles. The van der Waals surface area contributed by atoms with Crippen molar-refractivity contribution in [2.24, 2.45) is 5.92 Å². The van der Waals surface area contributed by atoms with E-state index in [1.54, 1.807) is 0 Å². The van der Waals surface area contributed by atoms with E-state index >= 15 is 0 Å². The molecule has 0 spiro atoms. The van der Waals surface area contributed by atoms with Crippen LogP contribution in [0.2, 0.25) is 0 Å². The molecule has 0 unspecified atom stereocenters. The number of carbonyl (C=O) groups is 2. The van der Waals surface area contributed by atoms with Gasteiger partial charge < -0.3 is 15.4 Å². The van der Waals surface area contributed by atoms with Crippen molar-refractivity contribution in [1.29, 1.82) is 0 Å². The maximum absolute atomic E-state index is 11.5. The van der Waals surface area contributed by atoms with Gasteiger partial charge in [-0.25, -0.2) is 0 Å². The summed E-state index contributed by atoms with van der Waals surface area (Å²) in [5.41, 5.74) is 0. The molecule has 21 heavy (non-hydrogen) atoms. The first kappa shape index (κ1) is 19.9. The van der Waals surface area contributed by atoms with Crippen LogP contribution in [0.1, 0.15) is 59.3 Å². The van der Waals surface area contributed by atoms with Crippen molar-refractivity contribution in [2.45, 2.75) is 59.3 Å². The lowest BCUT2D eigenvalue weighted by atomic mass is 10.1. The normalized spacial score (nSPS) is 10.7. The minimum Gasteiger partial charge on any atom is -0.381 e. The highest BCUT2D eigenvalue weighted by atomic mass is 16.5. The monoisotopic (exact) mass is 300 g/mol. The Morgan fingerprint density at radius 3 is 2.10 bits per heavy atom. The second-order valence-corrected chi connectivity index (χ2v) is 5.70. The molecule has 124 valence electrons. The van der Waals surface area contributed by atoms with Gasteiger partial charge in [-0.05, 0) is 25.2 Å². The van der Waals surface area contributed by atoms with Gasteiger partial charge in [0.05, 0.1) is 0 Å². The lowest BCUT2D eigenvalue weighted by Gasteiger charge is -2.08. The zero-order valence-corrected chi connectivity index (χ0v) is 13.9. The highest BCUT2D eigenvalue weighted by Gasteiger charge is 2.06. The van der Waals surface area contributed by atoms with Gasteiger partial charge in [0, 0.05) is 39.1 Å². The highest BCUT2D eigenvalue weighted by molar-refractivity contribution is 5.83. The molecule has 0 heterocycles. The molecule has 0 rings (SSSR count). The second kappa shape index (κ2) is 13.9. The molecule has 0 bridgehead atoms. The molecule has 5 nitrogen and oxygen atoms in total. The van der Waals surface area contributed by atoms with E-state index < -0.39 is 0 Å². The molecule has 0 saturated heterocycles. The Kier molecular flexibility index (Phi) is 13.1. The van der Waals surface area contributed by atoms with Gasteiger partial charge in [0.1, 0.15) is 0 Å². The summed E-state index contributed by atoms with van der Waals surface area (Å²) >= 11 is 0. The molecule has 0 radical (unpaired) electrons. The zero-order chi connectivity index (χ0) is 15.9. The molecule has 0 atom stereocenters. The minimum absolute atomic E-state index is 0.0475. The third kappa shape index (κ3) is 15.1. The first-order chi connectivity index (χ1) is 10.1. The fraction of sp³-hybridized carbons (Fsp3) is 0.875. The van der Waals surface area contributed by atoms with Gasteiger partial charge in [-0.1, -0.05) is 27.2 Å². The van der Waals surface area contributed by atoms with Crippen LogP contribution in [0.25, 0.3) is 0 Å². The van der Waals surface area contributed by atoms with Crippen molar-refractivity contribution in [3.8, 4) is 0 Å². The van der Waals surface area contributed by atoms with Crippen LogP contribution in [0.5, 0.6) is 0 Å². The predicted molar refractivity (Wildman–Crippen MR) is 85.1 cm³/mol. The fourth-order valence-electron chi connectivity index (χ4n) is 1.65. The average Bonchev–Trinajstić information content (AvgIpc) is 2.43. The van der Waals surface area contributed by atoms with Crippen molar-refractivity contribution in [2.75, 3.05) is 26.3 Å². The quantitative estimate of drug-likeness (QED) is 0.513. The molecule has 0 aliphatic rings. The summed E-state index contributed by atoms with van der Waals surface area (Å²) in [5.74, 6) is 0.462. The SMILES string of the molecule is CCCCOCCCNC(=O)CCC(=O)NCCC(C)C. The van der Waals surface area contributed by atoms with Crippen molar-refractivity contribution < 1.29 is 14.3 Å². The molecule has 0 aromatic heterocycles. The van der Waals surface area contributed by atoms with Crippen LogP contribution in [0.4, 0.5) is 0 Å². The van der Waals surface area contributed by atoms with E-state index in [0.717, 1.165) is 32.3 Å². The lowest BCUT2D eigenvalue weighted by molar-refractivity contribution is -0.126. The molecular weight excluding hydrogens is 268 g/mol. The summed E-state index contributed by atoms with van der Waals surface area (Å²) in [5, 5.41) is 5.63. The van der Waals surface area contributed by atoms with E-state index in [1.807, 2.05) is 0 Å². The number of ether oxygens (including phenoxy) is 1. The topological polar surface area (TPSA) is 67.4 Å². The van der Waals surface area contributed by atoms with Gasteiger partial charge in [0.2, 0.25) is 11.8 Å². The van der Waals surface area contributed by atoms with E-state index in [0.29, 0.717) is 25.6 Å². The highest BCUT2D eigenvalue weighted by Crippen LogP contribution is 1.97. The first-order valence-corrected chi connectivity index (χ1v) is 8.17. The maximum Gasteiger partial charge on any atom is 0.220 e. The van der Waals surface area contributed by atoms with E-state index in [1.165, 1.54) is 0 Å². The number of unbranched alkanes of at least 4 members (excludes halogenated alkanes) is 1. The maximum atomic E-state index is 11.5. The number of carbonyl (C=O) groups excluding carboxylic acids is 2. The molecule has 2 N–H and O–H groups in total. The molecule has 0 fully saturated rings. The number of rotatable bonds is 13. The summed E-state index contributed by atoms with van der Waals surface area (Å²) in [6.07, 6.45) is 4.52. The molecule has 5 heteroatoms. The third-order valence-electron chi connectivity index (χ3n) is 3.05. The predicted octanol–water partition coefficient (Wildman–Crippen LogP) is 2.25. The standard InChI is InChI=1S/C16H32N2O3/c1-4-5-12-21-13-6-10-17-15(19)7-8-16(20)18-11-9-14(2)3/h14H,4-13H2,1-3H3,(H,17,19)(H,18,20). The third-order valence-corrected chi connectivity index (χ3v) is 3.05. The Balaban J connectivity index is 3.39. The first-order valence-electron chi connectivity index (χ1n) is 8.17. The summed E-state index contributed by atoms with van der Waals surface area (Å²) in [6.45, 7) is 9.13. The molecule has 0 aromatic rings. The minimum atomic E-state index is -0.0671. The van der Waals surface area contributed by atoms with Crippen molar-refractivity contribution >= 4 is 11.8 Å². The number of amides is 2. The summed E-state index contributed by atoms with van der Waals surface area (Å²) in [7, 11) is 0. The van der Waals surface area contributed by atoms with Gasteiger partial charge in [-0.15, -0.1) is 0 Å². The largest absolute Gasteiger partial charge is 0.381 e. The number of hydrogen-bond acceptors (Lipinski definition) is 3. The molecule has 0 aromatic carbocycles. The van der Waals surface area contributed by atoms with Gasteiger partial charge in [-0.2, -0.15) is 0 Å². The van der Waals surface area contributed by atoms with Crippen molar-refractivity contribution in [3.05, 3.63) is 0 Å². The summed E-state index contributed by atoms with van der Waals surface area (Å²) < 4.78 is 5.40. The smallest absolute Gasteiger partial charge is 0.220 e. The Morgan fingerprint density at radius 2 is 1.52 bits per heavy atom. The van der Waals surface area contributed by atoms with E-state index in [4.69, 9.17) is 4.74 Å². The summed E-state index contributed by atoms with van der Waals surface area (Å²) in [4.78, 5) is 23.0. The van der Waals surface area contributed by atoms with Gasteiger partial charge in [0.15, 0.2) is 0 Å². The van der Waals surface area contributed by atoms with Crippen LogP contribution in [0.15, 0.2) is 0 Å². The average molecular weight is 300 g/mol. The van der Waals surface area contributed by atoms with Crippen LogP contribution >= 0.6 is 0 Å². The zero-order valence-electron chi connectivity index (χ0n) is 13.9. The van der Waals surface area contributed by atoms with Gasteiger partial charge in [-0.3, -0.25) is 9.59 Å². The van der Waals surface area contributed by atoms with E-state index in [2.05, 4.69) is 31.4 Å². The Labute approximate surface area is 129 Å². The summed E-state index contributed by atoms with van der Waals surface area (Å²) in [6, 6.07) is 0. The van der Waals surface area contributed by atoms with Gasteiger partial charge >= 0.3 is 0 Å². The lowest BCUT2D eigenvalue weighted by Crippen LogP contribution is -2.29. The molecular formula is C16H32N2O3.